The largest absolute Gasteiger partial charge is 0.431 e. The Morgan fingerprint density at radius 3 is 2.77 bits per heavy atom. The topological polar surface area (TPSA) is 75.6 Å². The molecule has 10 heteroatoms. The fourth-order valence-corrected chi connectivity index (χ4v) is 3.40. The number of hydrogen-bond donors (Lipinski definition) is 2. The van der Waals surface area contributed by atoms with Gasteiger partial charge in [0, 0.05) is 23.3 Å². The number of nitrogens with one attached hydrogen (secondary N) is 2. The molecule has 1 atom stereocenters. The van der Waals surface area contributed by atoms with Gasteiger partial charge >= 0.3 is 6.18 Å². The van der Waals surface area contributed by atoms with E-state index in [1.54, 1.807) is 25.1 Å². The molecule has 3 aromatic heterocycles. The van der Waals surface area contributed by atoms with E-state index in [2.05, 4.69) is 20.3 Å². The van der Waals surface area contributed by atoms with Gasteiger partial charge in [-0.15, -0.1) is 0 Å². The lowest BCUT2D eigenvalue weighted by Gasteiger charge is -2.16. The molecule has 1 aromatic carbocycles. The molecule has 0 saturated heterocycles. The molecule has 0 unspecified atom stereocenters. The lowest BCUT2D eigenvalue weighted by atomic mass is 10.1. The van der Waals surface area contributed by atoms with E-state index in [0.717, 1.165) is 16.0 Å². The zero-order valence-corrected chi connectivity index (χ0v) is 16.3. The Morgan fingerprint density at radius 2 is 2.00 bits per heavy atom. The Kier molecular flexibility index (Phi) is 4.98. The van der Waals surface area contributed by atoms with Crippen molar-refractivity contribution in [3.8, 4) is 5.82 Å². The molecule has 3 heterocycles. The molecule has 0 spiro atoms. The number of fused-ring (bicyclic) bond motifs is 1. The quantitative estimate of drug-likeness (QED) is 0.477. The maximum absolute atomic E-state index is 13.2. The molecule has 4 rings (SSSR count). The van der Waals surface area contributed by atoms with Crippen LogP contribution in [0.4, 0.5) is 19.1 Å². The van der Waals surface area contributed by atoms with Crippen molar-refractivity contribution < 1.29 is 13.2 Å². The number of alkyl halides is 3. The van der Waals surface area contributed by atoms with Crippen LogP contribution in [0.3, 0.4) is 0 Å². The van der Waals surface area contributed by atoms with Gasteiger partial charge in [-0.2, -0.15) is 18.2 Å². The molecule has 0 bridgehead atoms. The molecule has 0 amide bonds. The Bertz CT molecular complexity index is 1280. The minimum Gasteiger partial charge on any atom is -0.347 e. The van der Waals surface area contributed by atoms with Crippen molar-refractivity contribution in [1.82, 2.24) is 19.5 Å². The van der Waals surface area contributed by atoms with Gasteiger partial charge in [-0.05, 0) is 37.3 Å². The van der Waals surface area contributed by atoms with Crippen LogP contribution in [0.2, 0.25) is 5.02 Å². The average molecular weight is 434 g/mol. The van der Waals surface area contributed by atoms with Crippen molar-refractivity contribution in [3.63, 3.8) is 0 Å². The highest BCUT2D eigenvalue weighted by Gasteiger charge is 2.34. The van der Waals surface area contributed by atoms with Crippen LogP contribution in [0.5, 0.6) is 0 Å². The molecule has 0 saturated carbocycles. The van der Waals surface area contributed by atoms with Crippen LogP contribution in [-0.4, -0.2) is 19.5 Å². The number of aromatic nitrogens is 4. The third kappa shape index (κ3) is 3.76. The lowest BCUT2D eigenvalue weighted by Crippen LogP contribution is -2.20. The van der Waals surface area contributed by atoms with Crippen LogP contribution >= 0.6 is 11.6 Å². The van der Waals surface area contributed by atoms with Crippen LogP contribution in [0.1, 0.15) is 24.2 Å². The summed E-state index contributed by atoms with van der Waals surface area (Å²) in [6.45, 7) is 1.73. The number of anilines is 1. The minimum atomic E-state index is -4.52. The number of benzene rings is 1. The SMILES string of the molecule is C[C@H](Nc1nccc(-n2cccc2C(F)(F)F)n1)c1cc2cccc(Cl)c2[nH]c1=O. The van der Waals surface area contributed by atoms with Crippen LogP contribution in [0.15, 0.2) is 59.7 Å². The summed E-state index contributed by atoms with van der Waals surface area (Å²) in [6, 6.07) is 10.1. The summed E-state index contributed by atoms with van der Waals surface area (Å²) < 4.78 is 40.5. The normalized spacial score (nSPS) is 12.8. The predicted molar refractivity (Wildman–Crippen MR) is 108 cm³/mol. The molecular weight excluding hydrogens is 419 g/mol. The number of nitrogens with zero attached hydrogens (tertiary/aromatic N) is 3. The highest BCUT2D eigenvalue weighted by atomic mass is 35.5. The first kappa shape index (κ1) is 20.0. The third-order valence-corrected chi connectivity index (χ3v) is 4.91. The number of rotatable bonds is 4. The summed E-state index contributed by atoms with van der Waals surface area (Å²) in [4.78, 5) is 23.5. The second kappa shape index (κ2) is 7.49. The summed E-state index contributed by atoms with van der Waals surface area (Å²) in [5.41, 5.74) is -0.235. The fraction of sp³-hybridized carbons (Fsp3) is 0.150. The van der Waals surface area contributed by atoms with Gasteiger partial charge in [0.1, 0.15) is 11.5 Å². The molecule has 0 fully saturated rings. The van der Waals surface area contributed by atoms with E-state index >= 15 is 0 Å². The van der Waals surface area contributed by atoms with Crippen molar-refractivity contribution in [2.45, 2.75) is 19.1 Å². The minimum absolute atomic E-state index is 0.0521. The predicted octanol–water partition coefficient (Wildman–Crippen LogP) is 4.95. The van der Waals surface area contributed by atoms with Crippen molar-refractivity contribution in [1.29, 1.82) is 0 Å². The number of pyridine rings is 1. The summed E-state index contributed by atoms with van der Waals surface area (Å²) in [5, 5.41) is 4.15. The molecule has 154 valence electrons. The number of para-hydroxylation sites is 1. The van der Waals surface area contributed by atoms with Crippen LogP contribution in [0, 0.1) is 0 Å². The maximum Gasteiger partial charge on any atom is 0.431 e. The third-order valence-electron chi connectivity index (χ3n) is 4.60. The first-order chi connectivity index (χ1) is 14.2. The molecule has 4 aromatic rings. The summed E-state index contributed by atoms with van der Waals surface area (Å²) in [7, 11) is 0. The zero-order valence-electron chi connectivity index (χ0n) is 15.5. The van der Waals surface area contributed by atoms with Crippen molar-refractivity contribution in [3.05, 3.63) is 81.5 Å². The molecule has 6 nitrogen and oxygen atoms in total. The van der Waals surface area contributed by atoms with E-state index < -0.39 is 17.9 Å². The number of aromatic amines is 1. The molecular formula is C20H15ClF3N5O. The van der Waals surface area contributed by atoms with Gasteiger partial charge in [0.2, 0.25) is 5.95 Å². The van der Waals surface area contributed by atoms with Crippen LogP contribution in [-0.2, 0) is 6.18 Å². The Morgan fingerprint density at radius 1 is 1.20 bits per heavy atom. The van der Waals surface area contributed by atoms with Crippen molar-refractivity contribution in [2.75, 3.05) is 5.32 Å². The Balaban J connectivity index is 1.65. The number of halogens is 4. The molecule has 0 aliphatic rings. The van der Waals surface area contributed by atoms with E-state index in [0.29, 0.717) is 16.1 Å². The van der Waals surface area contributed by atoms with Gasteiger partial charge in [-0.25, -0.2) is 4.98 Å². The molecule has 0 aliphatic carbocycles. The zero-order chi connectivity index (χ0) is 21.5. The molecule has 0 aliphatic heterocycles. The maximum atomic E-state index is 13.2. The summed E-state index contributed by atoms with van der Waals surface area (Å²) in [6.07, 6.45) is -1.90. The van der Waals surface area contributed by atoms with Gasteiger partial charge in [0.25, 0.3) is 5.56 Å². The number of hydrogen-bond acceptors (Lipinski definition) is 4. The summed E-state index contributed by atoms with van der Waals surface area (Å²) >= 11 is 6.11. The second-order valence-corrected chi connectivity index (χ2v) is 7.03. The van der Waals surface area contributed by atoms with Gasteiger partial charge in [-0.3, -0.25) is 9.36 Å². The Labute approximate surface area is 173 Å². The monoisotopic (exact) mass is 433 g/mol. The highest BCUT2D eigenvalue weighted by Crippen LogP contribution is 2.31. The highest BCUT2D eigenvalue weighted by molar-refractivity contribution is 6.35. The van der Waals surface area contributed by atoms with Gasteiger partial charge in [0.15, 0.2) is 0 Å². The smallest absolute Gasteiger partial charge is 0.347 e. The average Bonchev–Trinajstić information content (AvgIpc) is 3.19. The van der Waals surface area contributed by atoms with Gasteiger partial charge < -0.3 is 10.3 Å². The van der Waals surface area contributed by atoms with E-state index in [4.69, 9.17) is 11.6 Å². The lowest BCUT2D eigenvalue weighted by molar-refractivity contribution is -0.142. The van der Waals surface area contributed by atoms with E-state index in [1.807, 2.05) is 6.07 Å². The molecule has 30 heavy (non-hydrogen) atoms. The first-order valence-electron chi connectivity index (χ1n) is 8.90. The molecule has 0 radical (unpaired) electrons. The van der Waals surface area contributed by atoms with E-state index in [9.17, 15) is 18.0 Å². The Hall–Kier alpha value is -3.33. The summed E-state index contributed by atoms with van der Waals surface area (Å²) in [5.74, 6) is 0.142. The second-order valence-electron chi connectivity index (χ2n) is 6.62. The van der Waals surface area contributed by atoms with E-state index in [-0.39, 0.29) is 17.3 Å². The van der Waals surface area contributed by atoms with Crippen LogP contribution < -0.4 is 10.9 Å². The first-order valence-corrected chi connectivity index (χ1v) is 9.28. The van der Waals surface area contributed by atoms with E-state index in [1.165, 1.54) is 24.5 Å². The fourth-order valence-electron chi connectivity index (χ4n) is 3.17. The number of H-pyrrole nitrogens is 1. The standard InChI is InChI=1S/C20H15ClF3N5O/c1-11(13-10-12-4-2-5-14(21)17(12)28-18(13)30)26-19-25-8-7-16(27-19)29-9-3-6-15(29)20(22,23)24/h2-11H,1H3,(H,28,30)(H,25,26,27)/t11-/m0/s1. The van der Waals surface area contributed by atoms with Crippen LogP contribution in [0.25, 0.3) is 16.7 Å². The van der Waals surface area contributed by atoms with Crippen molar-refractivity contribution in [2.24, 2.45) is 0 Å². The van der Waals surface area contributed by atoms with Gasteiger partial charge in [0.05, 0.1) is 16.6 Å². The molecule has 2 N–H and O–H groups in total. The van der Waals surface area contributed by atoms with Crippen molar-refractivity contribution >= 4 is 28.5 Å². The van der Waals surface area contributed by atoms with Gasteiger partial charge in [-0.1, -0.05) is 23.7 Å².